The molecule has 46 heavy (non-hydrogen) atoms. The fraction of sp³-hybridized carbons (Fsp3) is 0.600. The zero-order valence-corrected chi connectivity index (χ0v) is 27.4. The van der Waals surface area contributed by atoms with Gasteiger partial charge in [-0.15, -0.1) is 0 Å². The van der Waals surface area contributed by atoms with Gasteiger partial charge in [0.2, 0.25) is 0 Å². The Morgan fingerprint density at radius 1 is 0.804 bits per heavy atom. The molecule has 2 N–H and O–H groups in total. The number of benzene rings is 2. The van der Waals surface area contributed by atoms with Crippen LogP contribution in [0.5, 0.6) is 11.5 Å². The minimum Gasteiger partial charge on any atom is -0.616 e. The summed E-state index contributed by atoms with van der Waals surface area (Å²) in [5, 5.41) is 20.1. The molecule has 1 aliphatic carbocycles. The number of alkyl halides is 5. The van der Waals surface area contributed by atoms with E-state index in [9.17, 15) is 41.1 Å². The van der Waals surface area contributed by atoms with Gasteiger partial charge >= 0.3 is 12.1 Å². The van der Waals surface area contributed by atoms with E-state index in [0.717, 1.165) is 106 Å². The lowest BCUT2D eigenvalue weighted by atomic mass is 9.89. The standard InChI is InChI=1S/C35H47F6NO3S/c1-42(21-8-4-5-9-22-46(45)23-11-19-34(37,38)35(39,40)41)20-7-3-2-6-13-31-29(27-15-18-32(36)33(44)25-27)14-10-12-26-24-28(43)16-17-30(26)31/h15-18,24-25,43-44H,2-14,19-23H2,1H3. The average molecular weight is 676 g/mol. The number of aromatic hydroxyl groups is 2. The van der Waals surface area contributed by atoms with Crippen LogP contribution in [0.1, 0.15) is 100 Å². The second-order valence-electron chi connectivity index (χ2n) is 12.4. The number of allylic oxidation sites excluding steroid dienone is 2. The van der Waals surface area contributed by atoms with Crippen LogP contribution in [0.3, 0.4) is 0 Å². The second kappa shape index (κ2) is 18.2. The number of fused-ring (bicyclic) bond motifs is 1. The number of unbranched alkanes of at least 4 members (excludes halogenated alkanes) is 6. The summed E-state index contributed by atoms with van der Waals surface area (Å²) in [5.41, 5.74) is 5.37. The van der Waals surface area contributed by atoms with E-state index >= 15 is 0 Å². The quantitative estimate of drug-likeness (QED) is 0.0884. The van der Waals surface area contributed by atoms with Crippen LogP contribution in [0.15, 0.2) is 36.4 Å². The first-order valence-corrected chi connectivity index (χ1v) is 17.8. The summed E-state index contributed by atoms with van der Waals surface area (Å²) in [6.45, 7) is 1.90. The van der Waals surface area contributed by atoms with Crippen LogP contribution in [-0.2, 0) is 17.6 Å². The Balaban J connectivity index is 1.33. The lowest BCUT2D eigenvalue weighted by Gasteiger charge is -2.19. The molecule has 1 aliphatic rings. The third-order valence-corrected chi connectivity index (χ3v) is 10.1. The summed E-state index contributed by atoms with van der Waals surface area (Å²) in [5.74, 6) is -5.28. The van der Waals surface area contributed by atoms with E-state index in [1.807, 2.05) is 12.1 Å². The molecule has 11 heteroatoms. The zero-order chi connectivity index (χ0) is 33.7. The topological polar surface area (TPSA) is 66.8 Å². The van der Waals surface area contributed by atoms with E-state index in [4.69, 9.17) is 0 Å². The minimum absolute atomic E-state index is 0.135. The highest BCUT2D eigenvalue weighted by molar-refractivity contribution is 7.91. The van der Waals surface area contributed by atoms with Gasteiger partial charge < -0.3 is 19.7 Å². The zero-order valence-electron chi connectivity index (χ0n) is 26.6. The van der Waals surface area contributed by atoms with E-state index in [1.54, 1.807) is 12.1 Å². The lowest BCUT2D eigenvalue weighted by molar-refractivity contribution is -0.284. The van der Waals surface area contributed by atoms with Gasteiger partial charge in [0.15, 0.2) is 11.6 Å². The van der Waals surface area contributed by atoms with Crippen molar-refractivity contribution in [1.29, 1.82) is 0 Å². The molecule has 2 aromatic rings. The fourth-order valence-corrected chi connectivity index (χ4v) is 7.20. The first-order valence-electron chi connectivity index (χ1n) is 16.3. The highest BCUT2D eigenvalue weighted by Crippen LogP contribution is 2.41. The van der Waals surface area contributed by atoms with E-state index in [2.05, 4.69) is 11.9 Å². The summed E-state index contributed by atoms with van der Waals surface area (Å²) in [7, 11) is 2.08. The van der Waals surface area contributed by atoms with E-state index < -0.39 is 41.9 Å². The molecule has 0 saturated heterocycles. The molecule has 1 atom stereocenters. The molecule has 0 spiro atoms. The third kappa shape index (κ3) is 12.0. The summed E-state index contributed by atoms with van der Waals surface area (Å²) < 4.78 is 88.2. The lowest BCUT2D eigenvalue weighted by Crippen LogP contribution is -2.36. The van der Waals surface area contributed by atoms with Crippen LogP contribution in [0.25, 0.3) is 11.1 Å². The number of rotatable bonds is 19. The molecule has 2 aromatic carbocycles. The van der Waals surface area contributed by atoms with Crippen LogP contribution >= 0.6 is 0 Å². The molecule has 0 saturated carbocycles. The number of phenolic OH excluding ortho intramolecular Hbond substituents is 2. The molecule has 0 radical (unpaired) electrons. The van der Waals surface area contributed by atoms with Crippen molar-refractivity contribution in [3.05, 3.63) is 58.9 Å². The predicted octanol–water partition coefficient (Wildman–Crippen LogP) is 9.65. The number of aryl methyl sites for hydroxylation is 1. The number of phenols is 2. The number of halogens is 6. The van der Waals surface area contributed by atoms with E-state index in [0.29, 0.717) is 12.2 Å². The van der Waals surface area contributed by atoms with Crippen molar-refractivity contribution in [2.24, 2.45) is 0 Å². The Morgan fingerprint density at radius 2 is 1.46 bits per heavy atom. The number of nitrogens with zero attached hydrogens (tertiary/aromatic N) is 1. The molecular weight excluding hydrogens is 628 g/mol. The second-order valence-corrected chi connectivity index (χ2v) is 14.0. The highest BCUT2D eigenvalue weighted by atomic mass is 32.2. The van der Waals surface area contributed by atoms with Gasteiger partial charge in [-0.2, -0.15) is 22.0 Å². The number of hydrogen-bond donors (Lipinski definition) is 2. The van der Waals surface area contributed by atoms with Gasteiger partial charge in [0, 0.05) is 6.42 Å². The fourth-order valence-electron chi connectivity index (χ4n) is 6.00. The summed E-state index contributed by atoms with van der Waals surface area (Å²) in [6.07, 6.45) is 3.72. The summed E-state index contributed by atoms with van der Waals surface area (Å²) in [6, 6.07) is 10.0. The van der Waals surface area contributed by atoms with Crippen LogP contribution in [0, 0.1) is 5.82 Å². The maximum atomic E-state index is 13.8. The molecule has 0 amide bonds. The van der Waals surface area contributed by atoms with Crippen molar-refractivity contribution < 1.29 is 41.1 Å². The average Bonchev–Trinajstić information content (AvgIpc) is 3.16. The molecular formula is C35H47F6NO3S. The Kier molecular flexibility index (Phi) is 15.1. The van der Waals surface area contributed by atoms with Crippen molar-refractivity contribution in [2.45, 2.75) is 102 Å². The monoisotopic (exact) mass is 675 g/mol. The van der Waals surface area contributed by atoms with Gasteiger partial charge in [0.05, 0.1) is 0 Å². The highest BCUT2D eigenvalue weighted by Gasteiger charge is 2.56. The molecule has 0 aliphatic heterocycles. The van der Waals surface area contributed by atoms with Crippen LogP contribution in [0.4, 0.5) is 26.3 Å². The molecule has 0 aromatic heterocycles. The van der Waals surface area contributed by atoms with Crippen LogP contribution < -0.4 is 0 Å². The molecule has 1 unspecified atom stereocenters. The largest absolute Gasteiger partial charge is 0.616 e. The van der Waals surface area contributed by atoms with Crippen LogP contribution in [-0.4, -0.2) is 63.4 Å². The van der Waals surface area contributed by atoms with Crippen molar-refractivity contribution >= 4 is 22.3 Å². The first kappa shape index (κ1) is 38.1. The third-order valence-electron chi connectivity index (χ3n) is 8.60. The van der Waals surface area contributed by atoms with E-state index in [1.165, 1.54) is 17.7 Å². The Hall–Kier alpha value is -2.37. The molecule has 258 valence electrons. The molecule has 3 rings (SSSR count). The maximum Gasteiger partial charge on any atom is 0.453 e. The van der Waals surface area contributed by atoms with Crippen molar-refractivity contribution in [3.8, 4) is 11.5 Å². The Morgan fingerprint density at radius 3 is 2.13 bits per heavy atom. The molecule has 0 fully saturated rings. The minimum atomic E-state index is -5.56. The smallest absolute Gasteiger partial charge is 0.453 e. The summed E-state index contributed by atoms with van der Waals surface area (Å²) in [4.78, 5) is 2.29. The van der Waals surface area contributed by atoms with Gasteiger partial charge in [-0.3, -0.25) is 0 Å². The Bertz CT molecular complexity index is 1270. The molecule has 0 bridgehead atoms. The van der Waals surface area contributed by atoms with Gasteiger partial charge in [-0.05, 0) is 136 Å². The van der Waals surface area contributed by atoms with E-state index in [-0.39, 0.29) is 17.3 Å². The summed E-state index contributed by atoms with van der Waals surface area (Å²) >= 11 is -1.38. The van der Waals surface area contributed by atoms with Crippen molar-refractivity contribution in [2.75, 3.05) is 31.6 Å². The van der Waals surface area contributed by atoms with Crippen molar-refractivity contribution in [1.82, 2.24) is 4.90 Å². The predicted molar refractivity (Wildman–Crippen MR) is 173 cm³/mol. The maximum absolute atomic E-state index is 13.8. The van der Waals surface area contributed by atoms with Gasteiger partial charge in [-0.1, -0.05) is 42.6 Å². The molecule has 4 nitrogen and oxygen atoms in total. The Labute approximate surface area is 272 Å². The SMILES string of the molecule is CN(CCCCCCC1=C(c2ccc(F)c(O)c2)CCCc2cc(O)ccc21)CCCCCC[S+]([O-])CCCC(F)(F)C(F)(F)F. The normalized spacial score (nSPS) is 14.9. The first-order chi connectivity index (χ1) is 21.8. The molecule has 0 heterocycles. The van der Waals surface area contributed by atoms with Crippen LogP contribution in [0.2, 0.25) is 0 Å². The van der Waals surface area contributed by atoms with Gasteiger partial charge in [-0.25, -0.2) is 4.39 Å². The van der Waals surface area contributed by atoms with Crippen molar-refractivity contribution in [3.63, 3.8) is 0 Å². The van der Waals surface area contributed by atoms with Gasteiger partial charge in [0.1, 0.15) is 17.3 Å². The number of hydrogen-bond acceptors (Lipinski definition) is 4. The van der Waals surface area contributed by atoms with Gasteiger partial charge in [0.25, 0.3) is 0 Å².